The summed E-state index contributed by atoms with van der Waals surface area (Å²) >= 11 is 5.92. The topological polar surface area (TPSA) is 97.6 Å². The van der Waals surface area contributed by atoms with Crippen molar-refractivity contribution in [3.05, 3.63) is 34.5 Å². The summed E-state index contributed by atoms with van der Waals surface area (Å²) in [5, 5.41) is 5.74. The number of nitrogens with one attached hydrogen (secondary N) is 2. The number of carbonyl (C=O) groups is 3. The number of halogens is 1. The number of benzene rings is 1. The minimum Gasteiger partial charge on any atom is -0.450 e. The van der Waals surface area contributed by atoms with Gasteiger partial charge in [-0.15, -0.1) is 0 Å². The summed E-state index contributed by atoms with van der Waals surface area (Å²) < 4.78 is 10.3. The summed E-state index contributed by atoms with van der Waals surface area (Å²) in [7, 11) is 0. The predicted molar refractivity (Wildman–Crippen MR) is 88.1 cm³/mol. The maximum absolute atomic E-state index is 12.1. The van der Waals surface area contributed by atoms with Crippen LogP contribution in [0.25, 0.3) is 11.0 Å². The van der Waals surface area contributed by atoms with Gasteiger partial charge in [0.1, 0.15) is 5.58 Å². The number of fused-ring (bicyclic) bond motifs is 1. The zero-order chi connectivity index (χ0) is 17.7. The second-order valence-corrected chi connectivity index (χ2v) is 5.51. The fourth-order valence-electron chi connectivity index (χ4n) is 2.03. The van der Waals surface area contributed by atoms with Crippen LogP contribution in [0.5, 0.6) is 0 Å². The number of esters is 1. The molecule has 0 atom stereocenters. The van der Waals surface area contributed by atoms with Crippen molar-refractivity contribution in [3.8, 4) is 0 Å². The Balaban J connectivity index is 1.97. The second kappa shape index (κ2) is 7.83. The van der Waals surface area contributed by atoms with E-state index in [9.17, 15) is 14.4 Å². The van der Waals surface area contributed by atoms with Crippen molar-refractivity contribution in [2.24, 2.45) is 0 Å². The van der Waals surface area contributed by atoms with Gasteiger partial charge in [0, 0.05) is 22.5 Å². The van der Waals surface area contributed by atoms with E-state index in [1.807, 2.05) is 6.92 Å². The molecule has 1 aromatic carbocycles. The molecule has 0 unspecified atom stereocenters. The molecule has 24 heavy (non-hydrogen) atoms. The van der Waals surface area contributed by atoms with E-state index in [0.717, 1.165) is 6.42 Å². The number of amides is 3. The Morgan fingerprint density at radius 3 is 2.75 bits per heavy atom. The van der Waals surface area contributed by atoms with Gasteiger partial charge in [-0.3, -0.25) is 10.1 Å². The summed E-state index contributed by atoms with van der Waals surface area (Å²) in [6.07, 6.45) is 0.742. The molecule has 0 spiro atoms. The van der Waals surface area contributed by atoms with Gasteiger partial charge in [-0.1, -0.05) is 18.5 Å². The lowest BCUT2D eigenvalue weighted by atomic mass is 10.1. The van der Waals surface area contributed by atoms with Gasteiger partial charge in [-0.25, -0.2) is 9.59 Å². The predicted octanol–water partition coefficient (Wildman–Crippen LogP) is 2.79. The van der Waals surface area contributed by atoms with Crippen molar-refractivity contribution >= 4 is 40.5 Å². The normalized spacial score (nSPS) is 10.5. The van der Waals surface area contributed by atoms with Gasteiger partial charge >= 0.3 is 12.0 Å². The molecule has 0 aliphatic carbocycles. The Morgan fingerprint density at radius 2 is 2.04 bits per heavy atom. The molecule has 7 nitrogen and oxygen atoms in total. The van der Waals surface area contributed by atoms with E-state index in [4.69, 9.17) is 20.8 Å². The SMILES string of the molecule is CCCNC(=O)NC(=O)COC(=O)c1oc2ccc(Cl)cc2c1C. The van der Waals surface area contributed by atoms with Crippen LogP contribution >= 0.6 is 11.6 Å². The van der Waals surface area contributed by atoms with E-state index in [2.05, 4.69) is 10.6 Å². The molecule has 2 N–H and O–H groups in total. The number of rotatable bonds is 5. The fraction of sp³-hybridized carbons (Fsp3) is 0.312. The Morgan fingerprint density at radius 1 is 1.29 bits per heavy atom. The summed E-state index contributed by atoms with van der Waals surface area (Å²) in [5.41, 5.74) is 1.06. The smallest absolute Gasteiger partial charge is 0.375 e. The average molecular weight is 353 g/mol. The molecule has 0 saturated carbocycles. The largest absolute Gasteiger partial charge is 0.450 e. The molecule has 0 fully saturated rings. The number of aryl methyl sites for hydroxylation is 1. The number of ether oxygens (including phenoxy) is 1. The van der Waals surface area contributed by atoms with Crippen LogP contribution in [-0.2, 0) is 9.53 Å². The number of urea groups is 1. The first-order valence-corrected chi connectivity index (χ1v) is 7.73. The van der Waals surface area contributed by atoms with Crippen molar-refractivity contribution in [3.63, 3.8) is 0 Å². The van der Waals surface area contributed by atoms with E-state index in [-0.39, 0.29) is 5.76 Å². The molecule has 128 valence electrons. The van der Waals surface area contributed by atoms with E-state index in [1.54, 1.807) is 25.1 Å². The summed E-state index contributed by atoms with van der Waals surface area (Å²) in [6, 6.07) is 4.33. The van der Waals surface area contributed by atoms with Crippen molar-refractivity contribution < 1.29 is 23.5 Å². The number of hydrogen-bond acceptors (Lipinski definition) is 5. The summed E-state index contributed by atoms with van der Waals surface area (Å²) in [5.74, 6) is -1.52. The Labute approximate surface area is 143 Å². The van der Waals surface area contributed by atoms with Crippen LogP contribution in [0, 0.1) is 6.92 Å². The van der Waals surface area contributed by atoms with Crippen molar-refractivity contribution in [2.75, 3.05) is 13.2 Å². The van der Waals surface area contributed by atoms with Crippen LogP contribution in [0.3, 0.4) is 0 Å². The number of carbonyl (C=O) groups excluding carboxylic acids is 3. The number of furan rings is 1. The van der Waals surface area contributed by atoms with E-state index in [1.165, 1.54) is 0 Å². The first-order chi connectivity index (χ1) is 11.4. The molecule has 1 heterocycles. The highest BCUT2D eigenvalue weighted by Gasteiger charge is 2.20. The molecule has 0 radical (unpaired) electrons. The zero-order valence-corrected chi connectivity index (χ0v) is 14.0. The Kier molecular flexibility index (Phi) is 5.81. The standard InChI is InChI=1S/C16H17ClN2O5/c1-3-6-18-16(22)19-13(20)8-23-15(21)14-9(2)11-7-10(17)4-5-12(11)24-14/h4-5,7H,3,6,8H2,1-2H3,(H2,18,19,20,22). The Hall–Kier alpha value is -2.54. The first kappa shape index (κ1) is 17.8. The molecule has 0 bridgehead atoms. The summed E-state index contributed by atoms with van der Waals surface area (Å²) in [6.45, 7) is 3.43. The molecule has 0 aliphatic rings. The van der Waals surface area contributed by atoms with Crippen LogP contribution in [0.4, 0.5) is 4.79 Å². The monoisotopic (exact) mass is 352 g/mol. The molecule has 3 amide bonds. The molecule has 0 aliphatic heterocycles. The molecule has 0 saturated heterocycles. The van der Waals surface area contributed by atoms with Gasteiger partial charge < -0.3 is 14.5 Å². The minimum atomic E-state index is -0.788. The van der Waals surface area contributed by atoms with Crippen molar-refractivity contribution in [2.45, 2.75) is 20.3 Å². The fourth-order valence-corrected chi connectivity index (χ4v) is 2.20. The quantitative estimate of drug-likeness (QED) is 0.806. The van der Waals surface area contributed by atoms with E-state index >= 15 is 0 Å². The van der Waals surface area contributed by atoms with Crippen LogP contribution < -0.4 is 10.6 Å². The zero-order valence-electron chi connectivity index (χ0n) is 13.3. The molecule has 2 aromatic rings. The maximum atomic E-state index is 12.1. The molecule has 8 heteroatoms. The maximum Gasteiger partial charge on any atom is 0.375 e. The van der Waals surface area contributed by atoms with Gasteiger partial charge in [0.15, 0.2) is 6.61 Å². The lowest BCUT2D eigenvalue weighted by Crippen LogP contribution is -2.41. The third-order valence-corrected chi connectivity index (χ3v) is 3.44. The van der Waals surface area contributed by atoms with Gasteiger partial charge in [-0.05, 0) is 31.5 Å². The van der Waals surface area contributed by atoms with Crippen LogP contribution in [-0.4, -0.2) is 31.1 Å². The van der Waals surface area contributed by atoms with Crippen LogP contribution in [0.15, 0.2) is 22.6 Å². The average Bonchev–Trinajstić information content (AvgIpc) is 2.87. The molecule has 2 rings (SSSR count). The molecular formula is C16H17ClN2O5. The highest BCUT2D eigenvalue weighted by Crippen LogP contribution is 2.28. The highest BCUT2D eigenvalue weighted by molar-refractivity contribution is 6.31. The van der Waals surface area contributed by atoms with Crippen LogP contribution in [0.1, 0.15) is 29.5 Å². The lowest BCUT2D eigenvalue weighted by molar-refractivity contribution is -0.123. The van der Waals surface area contributed by atoms with Gasteiger partial charge in [-0.2, -0.15) is 0 Å². The van der Waals surface area contributed by atoms with Gasteiger partial charge in [0.05, 0.1) is 0 Å². The number of imide groups is 1. The van der Waals surface area contributed by atoms with E-state index in [0.29, 0.717) is 28.1 Å². The number of hydrogen-bond donors (Lipinski definition) is 2. The molecule has 1 aromatic heterocycles. The third-order valence-electron chi connectivity index (χ3n) is 3.21. The summed E-state index contributed by atoms with van der Waals surface area (Å²) in [4.78, 5) is 34.9. The lowest BCUT2D eigenvalue weighted by Gasteiger charge is -2.06. The van der Waals surface area contributed by atoms with Crippen LogP contribution in [0.2, 0.25) is 5.02 Å². The second-order valence-electron chi connectivity index (χ2n) is 5.08. The van der Waals surface area contributed by atoms with E-state index < -0.39 is 24.5 Å². The molecular weight excluding hydrogens is 336 g/mol. The van der Waals surface area contributed by atoms with Crippen molar-refractivity contribution in [1.82, 2.24) is 10.6 Å². The third kappa shape index (κ3) is 4.26. The van der Waals surface area contributed by atoms with Gasteiger partial charge in [0.2, 0.25) is 5.76 Å². The highest BCUT2D eigenvalue weighted by atomic mass is 35.5. The Bertz CT molecular complexity index is 784. The first-order valence-electron chi connectivity index (χ1n) is 7.35. The van der Waals surface area contributed by atoms with Crippen molar-refractivity contribution in [1.29, 1.82) is 0 Å². The minimum absolute atomic E-state index is 0.00417. The van der Waals surface area contributed by atoms with Gasteiger partial charge in [0.25, 0.3) is 5.91 Å².